The fourth-order valence-corrected chi connectivity index (χ4v) is 11.1. The Bertz CT molecular complexity index is 139. The molecule has 2 bridgehead atoms. The van der Waals surface area contributed by atoms with Gasteiger partial charge in [-0.2, -0.15) is 0 Å². The van der Waals surface area contributed by atoms with Crippen molar-refractivity contribution >= 4 is 8.25 Å². The molecule has 0 radical (unpaired) electrons. The van der Waals surface area contributed by atoms with Gasteiger partial charge in [-0.15, -0.1) is 0 Å². The number of ether oxygens (including phenoxy) is 1. The Kier molecular flexibility index (Phi) is 2.80. The van der Waals surface area contributed by atoms with Crippen molar-refractivity contribution < 1.29 is 28.1 Å². The standard InChI is InChI=1S/C8H13O.ClH.Hg/c1-9-8-5-6-2-3-7(8)4-6;;/h3,6-8H,2,4-5H2,1H3;1H;/q;;+1/p-1. The predicted molar refractivity (Wildman–Crippen MR) is 41.2 cm³/mol. The van der Waals surface area contributed by atoms with Crippen LogP contribution in [-0.4, -0.2) is 13.2 Å². The zero-order chi connectivity index (χ0) is 7.84. The number of rotatable bonds is 2. The molecule has 0 aromatic rings. The van der Waals surface area contributed by atoms with Gasteiger partial charge in [-0.25, -0.2) is 0 Å². The number of halogens is 1. The van der Waals surface area contributed by atoms with Crippen molar-refractivity contribution in [3.05, 3.63) is 0 Å². The topological polar surface area (TPSA) is 9.23 Å². The summed E-state index contributed by atoms with van der Waals surface area (Å²) < 4.78 is 6.43. The maximum absolute atomic E-state index is 6.09. The molecule has 2 rings (SSSR count). The molecule has 2 saturated carbocycles. The van der Waals surface area contributed by atoms with E-state index < -0.39 is 23.3 Å². The average molecular weight is 361 g/mol. The van der Waals surface area contributed by atoms with Gasteiger partial charge in [0, 0.05) is 0 Å². The molecule has 0 N–H and O–H groups in total. The Morgan fingerprint density at radius 1 is 1.36 bits per heavy atom. The van der Waals surface area contributed by atoms with Gasteiger partial charge >= 0.3 is 84.1 Å². The van der Waals surface area contributed by atoms with Crippen molar-refractivity contribution in [2.24, 2.45) is 11.8 Å². The number of hydrogen-bond donors (Lipinski definition) is 0. The summed E-state index contributed by atoms with van der Waals surface area (Å²) in [5, 5.41) is 0. The van der Waals surface area contributed by atoms with Crippen LogP contribution >= 0.6 is 8.25 Å². The molecule has 0 saturated heterocycles. The molecule has 2 aliphatic rings. The van der Waals surface area contributed by atoms with E-state index in [9.17, 15) is 0 Å². The molecule has 4 unspecified atom stereocenters. The van der Waals surface area contributed by atoms with Crippen LogP contribution in [-0.2, 0) is 28.1 Å². The predicted octanol–water partition coefficient (Wildman–Crippen LogP) is 2.46. The van der Waals surface area contributed by atoms with Crippen LogP contribution in [0.5, 0.6) is 0 Å². The van der Waals surface area contributed by atoms with E-state index in [4.69, 9.17) is 13.0 Å². The first-order valence-corrected chi connectivity index (χ1v) is 14.4. The van der Waals surface area contributed by atoms with E-state index in [1.807, 2.05) is 7.11 Å². The third-order valence-electron chi connectivity index (χ3n) is 3.39. The van der Waals surface area contributed by atoms with Crippen molar-refractivity contribution in [1.29, 1.82) is 0 Å². The molecule has 1 nitrogen and oxygen atoms in total. The van der Waals surface area contributed by atoms with Gasteiger partial charge < -0.3 is 0 Å². The summed E-state index contributed by atoms with van der Waals surface area (Å²) in [5.41, 5.74) is 0. The van der Waals surface area contributed by atoms with E-state index >= 15 is 0 Å². The summed E-state index contributed by atoms with van der Waals surface area (Å²) in [6.07, 6.45) is 4.78. The molecule has 2 fully saturated rings. The normalized spacial score (nSPS) is 47.8. The Morgan fingerprint density at radius 3 is 2.73 bits per heavy atom. The quantitative estimate of drug-likeness (QED) is 0.687. The molecule has 0 amide bonds. The summed E-state index contributed by atoms with van der Waals surface area (Å²) in [7, 11) is 7.95. The van der Waals surface area contributed by atoms with Crippen LogP contribution in [0.2, 0.25) is 3.43 Å². The second-order valence-electron chi connectivity index (χ2n) is 3.93. The van der Waals surface area contributed by atoms with E-state index in [2.05, 4.69) is 0 Å². The SMILES string of the molecule is COC1CC2C[CH]([Hg][Cl])C1C2. The van der Waals surface area contributed by atoms with Gasteiger partial charge in [0.15, 0.2) is 0 Å². The van der Waals surface area contributed by atoms with Gasteiger partial charge in [0.05, 0.1) is 0 Å². The number of fused-ring (bicyclic) bond motifs is 2. The van der Waals surface area contributed by atoms with E-state index in [1.165, 1.54) is 19.3 Å². The summed E-state index contributed by atoms with van der Waals surface area (Å²) in [6, 6.07) is 0. The minimum atomic E-state index is -0.959. The molecule has 2 aliphatic carbocycles. The maximum atomic E-state index is 6.09. The van der Waals surface area contributed by atoms with E-state index in [1.54, 1.807) is 0 Å². The average Bonchev–Trinajstić information content (AvgIpc) is 2.60. The summed E-state index contributed by atoms with van der Waals surface area (Å²) in [6.45, 7) is 0. The van der Waals surface area contributed by atoms with E-state index in [0.29, 0.717) is 6.10 Å². The van der Waals surface area contributed by atoms with Crippen molar-refractivity contribution in [2.45, 2.75) is 28.8 Å². The first-order chi connectivity index (χ1) is 5.35. The molecule has 0 aromatic carbocycles. The van der Waals surface area contributed by atoms with Gasteiger partial charge in [-0.1, -0.05) is 0 Å². The van der Waals surface area contributed by atoms with Crippen LogP contribution in [0.3, 0.4) is 0 Å². The van der Waals surface area contributed by atoms with Crippen molar-refractivity contribution in [2.75, 3.05) is 7.11 Å². The molecule has 0 aliphatic heterocycles. The monoisotopic (exact) mass is 362 g/mol. The van der Waals surface area contributed by atoms with Crippen molar-refractivity contribution in [3.63, 3.8) is 0 Å². The molecule has 3 heteroatoms. The molecule has 0 heterocycles. The second kappa shape index (κ2) is 3.51. The second-order valence-corrected chi connectivity index (χ2v) is 11.9. The first-order valence-electron chi connectivity index (χ1n) is 4.44. The summed E-state index contributed by atoms with van der Waals surface area (Å²) >= 11 is -0.959. The molecule has 11 heavy (non-hydrogen) atoms. The fourth-order valence-electron chi connectivity index (χ4n) is 2.88. The molecule has 0 spiro atoms. The third kappa shape index (κ3) is 1.49. The van der Waals surface area contributed by atoms with Crippen LogP contribution < -0.4 is 0 Å². The van der Waals surface area contributed by atoms with Gasteiger partial charge in [-0.3, -0.25) is 0 Å². The fraction of sp³-hybridized carbons (Fsp3) is 1.00. The third-order valence-corrected chi connectivity index (χ3v) is 12.1. The van der Waals surface area contributed by atoms with Crippen LogP contribution in [0.1, 0.15) is 19.3 Å². The van der Waals surface area contributed by atoms with Gasteiger partial charge in [-0.05, 0) is 0 Å². The molecule has 60 valence electrons. The minimum absolute atomic E-state index is 0.581. The Hall–Kier alpha value is 1.19. The summed E-state index contributed by atoms with van der Waals surface area (Å²) in [5.74, 6) is 1.86. The number of hydrogen-bond acceptors (Lipinski definition) is 1. The number of methoxy groups -OCH3 is 1. The van der Waals surface area contributed by atoms with Gasteiger partial charge in [0.2, 0.25) is 0 Å². The Morgan fingerprint density at radius 2 is 2.18 bits per heavy atom. The van der Waals surface area contributed by atoms with Crippen molar-refractivity contribution in [1.82, 2.24) is 0 Å². The van der Waals surface area contributed by atoms with Crippen LogP contribution in [0.4, 0.5) is 0 Å². The van der Waals surface area contributed by atoms with E-state index in [0.717, 1.165) is 15.3 Å². The van der Waals surface area contributed by atoms with Crippen LogP contribution in [0, 0.1) is 11.8 Å². The van der Waals surface area contributed by atoms with Crippen LogP contribution in [0.25, 0.3) is 0 Å². The zero-order valence-corrected chi connectivity index (χ0v) is 13.2. The van der Waals surface area contributed by atoms with Gasteiger partial charge in [0.1, 0.15) is 0 Å². The Labute approximate surface area is 83.7 Å². The van der Waals surface area contributed by atoms with Crippen LogP contribution in [0.15, 0.2) is 0 Å². The van der Waals surface area contributed by atoms with Gasteiger partial charge in [0.25, 0.3) is 0 Å². The molecule has 4 atom stereocenters. The molecule has 0 aromatic heterocycles. The molecular formula is C8H13ClHgO. The zero-order valence-electron chi connectivity index (χ0n) is 6.92. The van der Waals surface area contributed by atoms with E-state index in [-0.39, 0.29) is 0 Å². The summed E-state index contributed by atoms with van der Waals surface area (Å²) in [4.78, 5) is 0. The van der Waals surface area contributed by atoms with Crippen molar-refractivity contribution in [3.8, 4) is 0 Å². The molecular weight excluding hydrogens is 348 g/mol. The Balaban J connectivity index is 2.02. The first kappa shape index (κ1) is 8.77.